The fraction of sp³-hybridized carbons (Fsp3) is 0.0930. The van der Waals surface area contributed by atoms with Crippen LogP contribution in [0.3, 0.4) is 0 Å². The van der Waals surface area contributed by atoms with E-state index in [1.807, 2.05) is 60.7 Å². The van der Waals surface area contributed by atoms with E-state index in [9.17, 15) is 0 Å². The van der Waals surface area contributed by atoms with Crippen molar-refractivity contribution in [3.05, 3.63) is 162 Å². The van der Waals surface area contributed by atoms with Crippen molar-refractivity contribution >= 4 is 0 Å². The lowest BCUT2D eigenvalue weighted by atomic mass is 9.76. The molecule has 0 N–H and O–H groups in total. The molecule has 0 bridgehead atoms. The molecule has 2 aliphatic rings. The van der Waals surface area contributed by atoms with Gasteiger partial charge in [-0.05, 0) is 62.1 Å². The van der Waals surface area contributed by atoms with E-state index < -0.39 is 0 Å². The molecule has 0 fully saturated rings. The SMILES string of the molecule is CC1(C)c2c(-c3ccc(-c4nc(-c5ccccc5)nc(-c5ccccc5)n4)cc3)cccc2-c2ccc3c(c21)Cc1ccccc1-3. The average molecular weight is 590 g/mol. The van der Waals surface area contributed by atoms with Gasteiger partial charge in [0, 0.05) is 22.1 Å². The van der Waals surface area contributed by atoms with E-state index in [4.69, 9.17) is 15.0 Å². The molecule has 2 aliphatic carbocycles. The summed E-state index contributed by atoms with van der Waals surface area (Å²) in [4.78, 5) is 14.7. The van der Waals surface area contributed by atoms with Crippen LogP contribution >= 0.6 is 0 Å². The number of fused-ring (bicyclic) bond motifs is 7. The monoisotopic (exact) mass is 589 g/mol. The van der Waals surface area contributed by atoms with E-state index in [-0.39, 0.29) is 5.41 Å². The highest BCUT2D eigenvalue weighted by molar-refractivity contribution is 5.93. The second-order valence-electron chi connectivity index (χ2n) is 12.8. The van der Waals surface area contributed by atoms with Crippen molar-refractivity contribution in [2.45, 2.75) is 25.7 Å². The second-order valence-corrected chi connectivity index (χ2v) is 12.8. The normalized spacial score (nSPS) is 13.5. The predicted octanol–water partition coefficient (Wildman–Crippen LogP) is 10.4. The summed E-state index contributed by atoms with van der Waals surface area (Å²) in [6, 6.07) is 49.3. The van der Waals surface area contributed by atoms with Crippen LogP contribution in [-0.4, -0.2) is 15.0 Å². The highest BCUT2D eigenvalue weighted by atomic mass is 15.0. The van der Waals surface area contributed by atoms with E-state index in [2.05, 4.69) is 92.7 Å². The van der Waals surface area contributed by atoms with Crippen LogP contribution in [0.4, 0.5) is 0 Å². The van der Waals surface area contributed by atoms with Crippen molar-refractivity contribution in [2.24, 2.45) is 0 Å². The molecule has 46 heavy (non-hydrogen) atoms. The summed E-state index contributed by atoms with van der Waals surface area (Å²) in [5, 5.41) is 0. The third kappa shape index (κ3) is 4.09. The van der Waals surface area contributed by atoms with Gasteiger partial charge in [0.25, 0.3) is 0 Å². The second kappa shape index (κ2) is 10.2. The van der Waals surface area contributed by atoms with Gasteiger partial charge in [-0.25, -0.2) is 15.0 Å². The maximum Gasteiger partial charge on any atom is 0.164 e. The Morgan fingerprint density at radius 2 is 0.870 bits per heavy atom. The predicted molar refractivity (Wildman–Crippen MR) is 187 cm³/mol. The zero-order chi connectivity index (χ0) is 30.8. The van der Waals surface area contributed by atoms with E-state index in [1.54, 1.807) is 0 Å². The first-order valence-corrected chi connectivity index (χ1v) is 15.9. The average Bonchev–Trinajstić information content (AvgIpc) is 3.61. The third-order valence-corrected chi connectivity index (χ3v) is 9.75. The lowest BCUT2D eigenvalue weighted by Crippen LogP contribution is -2.18. The van der Waals surface area contributed by atoms with Crippen molar-refractivity contribution in [1.29, 1.82) is 0 Å². The Hall–Kier alpha value is -5.67. The van der Waals surface area contributed by atoms with Crippen molar-refractivity contribution in [2.75, 3.05) is 0 Å². The summed E-state index contributed by atoms with van der Waals surface area (Å²) in [6.07, 6.45) is 0.998. The van der Waals surface area contributed by atoms with E-state index in [0.29, 0.717) is 17.5 Å². The number of hydrogen-bond donors (Lipinski definition) is 0. The Balaban J connectivity index is 1.13. The molecule has 7 aromatic rings. The van der Waals surface area contributed by atoms with E-state index in [1.165, 1.54) is 55.6 Å². The molecule has 6 aromatic carbocycles. The molecule has 0 saturated carbocycles. The van der Waals surface area contributed by atoms with Gasteiger partial charge in [0.15, 0.2) is 17.5 Å². The first-order chi connectivity index (χ1) is 22.6. The summed E-state index contributed by atoms with van der Waals surface area (Å²) >= 11 is 0. The number of aromatic nitrogens is 3. The molecule has 9 rings (SSSR count). The molecule has 0 spiro atoms. The first-order valence-electron chi connectivity index (χ1n) is 15.9. The molecule has 0 radical (unpaired) electrons. The maximum absolute atomic E-state index is 4.94. The van der Waals surface area contributed by atoms with Crippen LogP contribution in [-0.2, 0) is 11.8 Å². The minimum Gasteiger partial charge on any atom is -0.208 e. The molecule has 1 aromatic heterocycles. The van der Waals surface area contributed by atoms with Crippen molar-refractivity contribution < 1.29 is 0 Å². The summed E-state index contributed by atoms with van der Waals surface area (Å²) in [5.74, 6) is 2.01. The number of benzene rings is 6. The van der Waals surface area contributed by atoms with Crippen molar-refractivity contribution in [1.82, 2.24) is 15.0 Å². The largest absolute Gasteiger partial charge is 0.208 e. The van der Waals surface area contributed by atoms with Gasteiger partial charge in [0.05, 0.1) is 0 Å². The fourth-order valence-corrected chi connectivity index (χ4v) is 7.70. The summed E-state index contributed by atoms with van der Waals surface area (Å²) in [6.45, 7) is 4.81. The van der Waals surface area contributed by atoms with Crippen LogP contribution in [0.1, 0.15) is 36.1 Å². The molecule has 218 valence electrons. The lowest BCUT2D eigenvalue weighted by molar-refractivity contribution is 0.656. The van der Waals surface area contributed by atoms with Gasteiger partial charge in [0.2, 0.25) is 0 Å². The van der Waals surface area contributed by atoms with Gasteiger partial charge in [0.1, 0.15) is 0 Å². The Kier molecular flexibility index (Phi) is 5.91. The van der Waals surface area contributed by atoms with Gasteiger partial charge >= 0.3 is 0 Å². The smallest absolute Gasteiger partial charge is 0.164 e. The van der Waals surface area contributed by atoms with E-state index in [0.717, 1.165) is 23.1 Å². The Morgan fingerprint density at radius 3 is 1.52 bits per heavy atom. The Bertz CT molecular complexity index is 2230. The molecule has 0 amide bonds. The maximum atomic E-state index is 4.94. The molecule has 0 unspecified atom stereocenters. The molecule has 0 atom stereocenters. The van der Waals surface area contributed by atoms with Crippen LogP contribution in [0.2, 0.25) is 0 Å². The summed E-state index contributed by atoms with van der Waals surface area (Å²) in [5.41, 5.74) is 16.5. The van der Waals surface area contributed by atoms with Gasteiger partial charge < -0.3 is 0 Å². The molecular formula is C43H31N3. The minimum absolute atomic E-state index is 0.128. The van der Waals surface area contributed by atoms with Crippen molar-refractivity contribution in [3.8, 4) is 67.5 Å². The van der Waals surface area contributed by atoms with Gasteiger partial charge in [-0.2, -0.15) is 0 Å². The van der Waals surface area contributed by atoms with Crippen LogP contribution < -0.4 is 0 Å². The summed E-state index contributed by atoms with van der Waals surface area (Å²) in [7, 11) is 0. The van der Waals surface area contributed by atoms with Gasteiger partial charge in [-0.15, -0.1) is 0 Å². The minimum atomic E-state index is -0.128. The number of rotatable bonds is 4. The molecule has 1 heterocycles. The first kappa shape index (κ1) is 26.7. The highest BCUT2D eigenvalue weighted by Gasteiger charge is 2.41. The Morgan fingerprint density at radius 1 is 0.391 bits per heavy atom. The topological polar surface area (TPSA) is 38.7 Å². The van der Waals surface area contributed by atoms with Gasteiger partial charge in [-0.3, -0.25) is 0 Å². The summed E-state index contributed by atoms with van der Waals surface area (Å²) < 4.78 is 0. The zero-order valence-electron chi connectivity index (χ0n) is 25.8. The Labute approximate surface area is 269 Å². The number of hydrogen-bond acceptors (Lipinski definition) is 3. The van der Waals surface area contributed by atoms with E-state index >= 15 is 0 Å². The third-order valence-electron chi connectivity index (χ3n) is 9.75. The molecule has 3 heteroatoms. The molecule has 0 aliphatic heterocycles. The van der Waals surface area contributed by atoms with Crippen LogP contribution in [0.15, 0.2) is 140 Å². The molecule has 0 saturated heterocycles. The fourth-order valence-electron chi connectivity index (χ4n) is 7.70. The van der Waals surface area contributed by atoms with Crippen LogP contribution in [0.5, 0.6) is 0 Å². The van der Waals surface area contributed by atoms with Gasteiger partial charge in [-0.1, -0.05) is 153 Å². The zero-order valence-corrected chi connectivity index (χ0v) is 25.8. The van der Waals surface area contributed by atoms with Crippen LogP contribution in [0.25, 0.3) is 67.5 Å². The standard InChI is InChI=1S/C43H31N3/c1-43(2)38-33(18-11-19-35(38)36-25-24-34-32-17-10-9-16-31(32)26-37(34)39(36)43)27-20-22-30(23-21-27)42-45-40(28-12-5-3-6-13-28)44-41(46-42)29-14-7-4-8-15-29/h3-25H,26H2,1-2H3. The molecular weight excluding hydrogens is 558 g/mol. The number of nitrogens with zero attached hydrogens (tertiary/aromatic N) is 3. The lowest BCUT2D eigenvalue weighted by Gasteiger charge is -2.26. The quantitative estimate of drug-likeness (QED) is 0.205. The molecule has 3 nitrogen and oxygen atoms in total. The van der Waals surface area contributed by atoms with Crippen molar-refractivity contribution in [3.63, 3.8) is 0 Å². The van der Waals surface area contributed by atoms with Crippen LogP contribution in [0, 0.1) is 0 Å². The highest BCUT2D eigenvalue weighted by Crippen LogP contribution is 2.56.